The lowest BCUT2D eigenvalue weighted by atomic mass is 10.1. The topological polar surface area (TPSA) is 86.2 Å². The molecule has 0 radical (unpaired) electrons. The van der Waals surface area contributed by atoms with Crippen LogP contribution in [0.25, 0.3) is 10.9 Å². The van der Waals surface area contributed by atoms with Crippen molar-refractivity contribution in [3.63, 3.8) is 0 Å². The molecule has 0 unspecified atom stereocenters. The first-order valence-electron chi connectivity index (χ1n) is 9.22. The molecule has 1 N–H and O–H groups in total. The lowest BCUT2D eigenvalue weighted by molar-refractivity contribution is -0.191. The zero-order chi connectivity index (χ0) is 22.4. The Bertz CT molecular complexity index is 1130. The Balaban J connectivity index is 0.00000101. The summed E-state index contributed by atoms with van der Waals surface area (Å²) >= 11 is 0. The molecule has 0 amide bonds. The van der Waals surface area contributed by atoms with Crippen LogP contribution in [-0.2, 0) is 9.59 Å². The third kappa shape index (κ3) is 4.32. The van der Waals surface area contributed by atoms with Crippen molar-refractivity contribution < 1.29 is 23.1 Å². The summed E-state index contributed by atoms with van der Waals surface area (Å²) in [7, 11) is 0. The number of aromatic nitrogens is 1. The SMILES string of the molecule is CCOc1ccc(N(c2[nH]c3cc(C#N)ccc3c2C)C(C)C)c(F)c1F.O=C=O. The van der Waals surface area contributed by atoms with Crippen LogP contribution >= 0.6 is 0 Å². The van der Waals surface area contributed by atoms with Gasteiger partial charge in [0.05, 0.1) is 23.9 Å². The Morgan fingerprint density at radius 2 is 1.83 bits per heavy atom. The number of rotatable bonds is 5. The van der Waals surface area contributed by atoms with Crippen LogP contribution in [-0.4, -0.2) is 23.8 Å². The van der Waals surface area contributed by atoms with Crippen molar-refractivity contribution in [2.75, 3.05) is 11.5 Å². The van der Waals surface area contributed by atoms with Gasteiger partial charge in [-0.3, -0.25) is 0 Å². The quantitative estimate of drug-likeness (QED) is 0.637. The van der Waals surface area contributed by atoms with E-state index in [4.69, 9.17) is 19.6 Å². The minimum atomic E-state index is -1.000. The molecule has 0 fully saturated rings. The third-order valence-corrected chi connectivity index (χ3v) is 4.50. The Hall–Kier alpha value is -3.69. The summed E-state index contributed by atoms with van der Waals surface area (Å²) in [6, 6.07) is 10.3. The zero-order valence-electron chi connectivity index (χ0n) is 17.0. The molecule has 0 atom stereocenters. The van der Waals surface area contributed by atoms with E-state index in [9.17, 15) is 8.78 Å². The van der Waals surface area contributed by atoms with Gasteiger partial charge in [0, 0.05) is 16.9 Å². The van der Waals surface area contributed by atoms with Crippen LogP contribution in [0.5, 0.6) is 5.75 Å². The number of nitriles is 1. The molecule has 0 saturated carbocycles. The van der Waals surface area contributed by atoms with E-state index >= 15 is 0 Å². The summed E-state index contributed by atoms with van der Waals surface area (Å²) in [5, 5.41) is 10.0. The Kier molecular flexibility index (Phi) is 7.29. The highest BCUT2D eigenvalue weighted by atomic mass is 19.2. The average Bonchev–Trinajstić information content (AvgIpc) is 3.03. The fourth-order valence-corrected chi connectivity index (χ4v) is 3.27. The summed E-state index contributed by atoms with van der Waals surface area (Å²) < 4.78 is 34.4. The number of hydrogen-bond acceptors (Lipinski definition) is 5. The molecule has 0 aliphatic heterocycles. The van der Waals surface area contributed by atoms with Crippen molar-refractivity contribution in [3.8, 4) is 11.8 Å². The molecule has 156 valence electrons. The molecule has 0 bridgehead atoms. The standard InChI is InChI=1S/C21H21F2N3O.CO2/c1-5-27-18-9-8-17(19(22)20(18)23)26(12(2)3)21-13(4)15-7-6-14(11-24)10-16(15)25-21;2-1-3/h6-10,12,25H,5H2,1-4H3;. The fourth-order valence-electron chi connectivity index (χ4n) is 3.27. The van der Waals surface area contributed by atoms with Crippen molar-refractivity contribution in [2.45, 2.75) is 33.7 Å². The summed E-state index contributed by atoms with van der Waals surface area (Å²) in [6.07, 6.45) is 0.250. The van der Waals surface area contributed by atoms with E-state index in [1.165, 1.54) is 12.1 Å². The third-order valence-electron chi connectivity index (χ3n) is 4.50. The number of aromatic amines is 1. The maximum Gasteiger partial charge on any atom is 0.373 e. The summed E-state index contributed by atoms with van der Waals surface area (Å²) in [5.74, 6) is -1.39. The van der Waals surface area contributed by atoms with Crippen molar-refractivity contribution in [2.24, 2.45) is 0 Å². The van der Waals surface area contributed by atoms with Gasteiger partial charge >= 0.3 is 6.15 Å². The van der Waals surface area contributed by atoms with Gasteiger partial charge in [-0.2, -0.15) is 19.2 Å². The van der Waals surface area contributed by atoms with E-state index in [0.717, 1.165) is 16.5 Å². The van der Waals surface area contributed by atoms with E-state index in [2.05, 4.69) is 11.1 Å². The number of carbonyl (C=O) groups excluding carboxylic acids is 2. The first-order valence-corrected chi connectivity index (χ1v) is 9.22. The number of anilines is 2. The summed E-state index contributed by atoms with van der Waals surface area (Å²) in [4.78, 5) is 21.2. The first-order chi connectivity index (χ1) is 14.3. The van der Waals surface area contributed by atoms with Crippen LogP contribution in [0, 0.1) is 29.9 Å². The lowest BCUT2D eigenvalue weighted by Crippen LogP contribution is -2.27. The second kappa shape index (κ2) is 9.68. The van der Waals surface area contributed by atoms with Crippen LogP contribution in [0.4, 0.5) is 20.3 Å². The molecule has 30 heavy (non-hydrogen) atoms. The first kappa shape index (κ1) is 22.6. The molecule has 3 aromatic rings. The summed E-state index contributed by atoms with van der Waals surface area (Å²) in [6.45, 7) is 7.69. The van der Waals surface area contributed by atoms with E-state index < -0.39 is 11.6 Å². The average molecular weight is 413 g/mol. The molecular weight excluding hydrogens is 392 g/mol. The molecule has 1 aromatic heterocycles. The highest BCUT2D eigenvalue weighted by Gasteiger charge is 2.25. The van der Waals surface area contributed by atoms with Gasteiger partial charge in [-0.25, -0.2) is 4.39 Å². The predicted molar refractivity (Wildman–Crippen MR) is 108 cm³/mol. The van der Waals surface area contributed by atoms with Gasteiger partial charge in [0.25, 0.3) is 0 Å². The number of nitrogens with zero attached hydrogens (tertiary/aromatic N) is 2. The van der Waals surface area contributed by atoms with Crippen molar-refractivity contribution in [1.82, 2.24) is 4.98 Å². The van der Waals surface area contributed by atoms with E-state index in [1.807, 2.05) is 26.8 Å². The number of halogens is 2. The predicted octanol–water partition coefficient (Wildman–Crippen LogP) is 4.99. The monoisotopic (exact) mass is 413 g/mol. The van der Waals surface area contributed by atoms with Gasteiger partial charge in [-0.1, -0.05) is 6.07 Å². The number of hydrogen-bond donors (Lipinski definition) is 1. The smallest absolute Gasteiger partial charge is 0.373 e. The Morgan fingerprint density at radius 1 is 1.17 bits per heavy atom. The normalized spacial score (nSPS) is 10.2. The van der Waals surface area contributed by atoms with Crippen LogP contribution < -0.4 is 9.64 Å². The molecule has 0 aliphatic carbocycles. The van der Waals surface area contributed by atoms with Gasteiger partial charge in [-0.15, -0.1) is 0 Å². The van der Waals surface area contributed by atoms with E-state index in [0.29, 0.717) is 11.4 Å². The van der Waals surface area contributed by atoms with Gasteiger partial charge in [-0.05, 0) is 57.5 Å². The lowest BCUT2D eigenvalue weighted by Gasteiger charge is -2.29. The number of ether oxygens (including phenoxy) is 1. The van der Waals surface area contributed by atoms with Crippen LogP contribution in [0.15, 0.2) is 30.3 Å². The summed E-state index contributed by atoms with van der Waals surface area (Å²) in [5.41, 5.74) is 2.33. The molecular formula is C22H21F2N3O3. The van der Waals surface area contributed by atoms with Gasteiger partial charge in [0.15, 0.2) is 11.6 Å². The molecule has 0 spiro atoms. The second-order valence-corrected chi connectivity index (χ2v) is 6.66. The van der Waals surface area contributed by atoms with Gasteiger partial charge in [0.2, 0.25) is 5.82 Å². The second-order valence-electron chi connectivity index (χ2n) is 6.66. The van der Waals surface area contributed by atoms with Crippen molar-refractivity contribution in [3.05, 3.63) is 53.1 Å². The van der Waals surface area contributed by atoms with Crippen LogP contribution in [0.3, 0.4) is 0 Å². The fraction of sp³-hybridized carbons (Fsp3) is 0.273. The van der Waals surface area contributed by atoms with E-state index in [-0.39, 0.29) is 30.2 Å². The minimum absolute atomic E-state index is 0.102. The number of fused-ring (bicyclic) bond motifs is 1. The van der Waals surface area contributed by atoms with Crippen LogP contribution in [0.2, 0.25) is 0 Å². The van der Waals surface area contributed by atoms with Crippen molar-refractivity contribution >= 4 is 28.6 Å². The number of aryl methyl sites for hydroxylation is 1. The van der Waals surface area contributed by atoms with Gasteiger partial charge in [0.1, 0.15) is 5.82 Å². The minimum Gasteiger partial charge on any atom is -0.491 e. The van der Waals surface area contributed by atoms with Gasteiger partial charge < -0.3 is 14.6 Å². The molecule has 3 rings (SSSR count). The van der Waals surface area contributed by atoms with Crippen molar-refractivity contribution in [1.29, 1.82) is 5.26 Å². The maximum atomic E-state index is 14.8. The molecule has 0 saturated heterocycles. The zero-order valence-corrected chi connectivity index (χ0v) is 17.0. The largest absolute Gasteiger partial charge is 0.491 e. The molecule has 2 aromatic carbocycles. The van der Waals surface area contributed by atoms with E-state index in [1.54, 1.807) is 24.0 Å². The molecule has 1 heterocycles. The molecule has 0 aliphatic rings. The highest BCUT2D eigenvalue weighted by Crippen LogP contribution is 2.38. The Morgan fingerprint density at radius 3 is 2.40 bits per heavy atom. The molecule has 8 heteroatoms. The maximum absolute atomic E-state index is 14.8. The highest BCUT2D eigenvalue weighted by molar-refractivity contribution is 5.91. The van der Waals surface area contributed by atoms with Crippen LogP contribution in [0.1, 0.15) is 31.9 Å². The number of H-pyrrole nitrogens is 1. The Labute approximate surface area is 172 Å². The number of nitrogens with one attached hydrogen (secondary N) is 1. The number of benzene rings is 2. The molecule has 6 nitrogen and oxygen atoms in total.